The maximum Gasteiger partial charge on any atom is 0.295 e. The van der Waals surface area contributed by atoms with Crippen molar-refractivity contribution in [2.45, 2.75) is 13.8 Å². The number of methoxy groups -OCH3 is 1. The molecule has 2 heterocycles. The van der Waals surface area contributed by atoms with E-state index in [4.69, 9.17) is 4.74 Å². The zero-order valence-electron chi connectivity index (χ0n) is 11.8. The van der Waals surface area contributed by atoms with Gasteiger partial charge in [0.1, 0.15) is 0 Å². The third-order valence-electron chi connectivity index (χ3n) is 3.29. The van der Waals surface area contributed by atoms with Crippen LogP contribution in [0.2, 0.25) is 0 Å². The van der Waals surface area contributed by atoms with Crippen molar-refractivity contribution >= 4 is 5.82 Å². The second-order valence-corrected chi connectivity index (χ2v) is 5.27. The highest BCUT2D eigenvalue weighted by Gasteiger charge is 2.22. The van der Waals surface area contributed by atoms with Gasteiger partial charge < -0.3 is 14.6 Å². The monoisotopic (exact) mass is 266 g/mol. The first-order chi connectivity index (χ1) is 9.11. The van der Waals surface area contributed by atoms with E-state index >= 15 is 0 Å². The van der Waals surface area contributed by atoms with E-state index in [9.17, 15) is 4.79 Å². The van der Waals surface area contributed by atoms with Crippen molar-refractivity contribution in [3.8, 4) is 5.75 Å². The lowest BCUT2D eigenvalue weighted by molar-refractivity contribution is 0.230. The molecule has 19 heavy (non-hydrogen) atoms. The largest absolute Gasteiger partial charge is 0.489 e. The number of piperazine rings is 1. The Morgan fingerprint density at radius 3 is 2.63 bits per heavy atom. The molecule has 1 N–H and O–H groups in total. The van der Waals surface area contributed by atoms with Gasteiger partial charge in [0.15, 0.2) is 5.82 Å². The summed E-state index contributed by atoms with van der Waals surface area (Å²) in [4.78, 5) is 23.0. The molecule has 0 atom stereocenters. The Hall–Kier alpha value is -1.56. The highest BCUT2D eigenvalue weighted by atomic mass is 16.5. The van der Waals surface area contributed by atoms with Crippen molar-refractivity contribution in [2.24, 2.45) is 5.92 Å². The lowest BCUT2D eigenvalue weighted by atomic mass is 10.2. The molecule has 0 bridgehead atoms. The van der Waals surface area contributed by atoms with E-state index in [1.165, 1.54) is 13.4 Å². The van der Waals surface area contributed by atoms with Crippen LogP contribution >= 0.6 is 0 Å². The van der Waals surface area contributed by atoms with Gasteiger partial charge in [0, 0.05) is 32.7 Å². The van der Waals surface area contributed by atoms with Crippen LogP contribution < -0.4 is 15.2 Å². The second-order valence-electron chi connectivity index (χ2n) is 5.27. The molecule has 6 nitrogen and oxygen atoms in total. The standard InChI is InChI=1S/C13H22N4O2/c1-10(2)8-16-4-6-17(7-5-16)12-11(19-3)13(18)15-9-14-12/h9-10H,4-8H2,1-3H3,(H,14,15,18). The van der Waals surface area contributed by atoms with Gasteiger partial charge in [0.25, 0.3) is 5.56 Å². The van der Waals surface area contributed by atoms with E-state index < -0.39 is 0 Å². The molecule has 0 aliphatic carbocycles. The minimum Gasteiger partial charge on any atom is -0.489 e. The molecular weight excluding hydrogens is 244 g/mol. The molecule has 1 saturated heterocycles. The summed E-state index contributed by atoms with van der Waals surface area (Å²) in [5.74, 6) is 1.63. The summed E-state index contributed by atoms with van der Waals surface area (Å²) in [6.45, 7) is 9.32. The van der Waals surface area contributed by atoms with Gasteiger partial charge in [-0.05, 0) is 5.92 Å². The number of hydrogen-bond acceptors (Lipinski definition) is 5. The fourth-order valence-corrected chi connectivity index (χ4v) is 2.45. The highest BCUT2D eigenvalue weighted by molar-refractivity contribution is 5.50. The highest BCUT2D eigenvalue weighted by Crippen LogP contribution is 2.21. The molecule has 1 aliphatic heterocycles. The maximum atomic E-state index is 11.7. The molecule has 1 fully saturated rings. The first-order valence-electron chi connectivity index (χ1n) is 6.70. The normalized spacial score (nSPS) is 16.9. The summed E-state index contributed by atoms with van der Waals surface area (Å²) in [7, 11) is 1.50. The van der Waals surface area contributed by atoms with E-state index in [1.807, 2.05) is 0 Å². The topological polar surface area (TPSA) is 61.5 Å². The molecule has 0 saturated carbocycles. The molecule has 0 amide bonds. The van der Waals surface area contributed by atoms with Crippen molar-refractivity contribution in [3.05, 3.63) is 16.7 Å². The molecule has 1 aliphatic rings. The van der Waals surface area contributed by atoms with Crippen LogP contribution in [0.15, 0.2) is 11.1 Å². The predicted octanol–water partition coefficient (Wildman–Crippen LogP) is 0.556. The van der Waals surface area contributed by atoms with Crippen LogP contribution in [0.4, 0.5) is 5.82 Å². The van der Waals surface area contributed by atoms with Gasteiger partial charge >= 0.3 is 0 Å². The van der Waals surface area contributed by atoms with Crippen LogP contribution in [0.5, 0.6) is 5.75 Å². The Balaban J connectivity index is 2.06. The fraction of sp³-hybridized carbons (Fsp3) is 0.692. The van der Waals surface area contributed by atoms with Gasteiger partial charge in [-0.2, -0.15) is 0 Å². The minimum atomic E-state index is -0.225. The molecule has 0 radical (unpaired) electrons. The SMILES string of the molecule is COc1c(N2CCN(CC(C)C)CC2)nc[nH]c1=O. The molecule has 6 heteroatoms. The van der Waals surface area contributed by atoms with E-state index in [2.05, 4.69) is 33.6 Å². The molecule has 1 aromatic heterocycles. The van der Waals surface area contributed by atoms with E-state index in [0.29, 0.717) is 17.5 Å². The number of aromatic amines is 1. The van der Waals surface area contributed by atoms with Crippen molar-refractivity contribution in [3.63, 3.8) is 0 Å². The lowest BCUT2D eigenvalue weighted by Gasteiger charge is -2.36. The number of aromatic nitrogens is 2. The molecular formula is C13H22N4O2. The van der Waals surface area contributed by atoms with Gasteiger partial charge in [0.2, 0.25) is 5.75 Å². The molecule has 0 unspecified atom stereocenters. The number of nitrogens with zero attached hydrogens (tertiary/aromatic N) is 3. The summed E-state index contributed by atoms with van der Waals surface area (Å²) in [6.07, 6.45) is 1.43. The molecule has 2 rings (SSSR count). The maximum absolute atomic E-state index is 11.7. The first-order valence-corrected chi connectivity index (χ1v) is 6.70. The number of anilines is 1. The van der Waals surface area contributed by atoms with Crippen LogP contribution in [-0.2, 0) is 0 Å². The molecule has 106 valence electrons. The van der Waals surface area contributed by atoms with Crippen LogP contribution in [0.25, 0.3) is 0 Å². The number of H-pyrrole nitrogens is 1. The van der Waals surface area contributed by atoms with E-state index in [-0.39, 0.29) is 5.56 Å². The third kappa shape index (κ3) is 3.26. The number of hydrogen-bond donors (Lipinski definition) is 1. The third-order valence-corrected chi connectivity index (χ3v) is 3.29. The Morgan fingerprint density at radius 1 is 1.37 bits per heavy atom. The Labute approximate surface area is 113 Å². The average Bonchev–Trinajstić information content (AvgIpc) is 2.38. The van der Waals surface area contributed by atoms with Gasteiger partial charge in [0.05, 0.1) is 13.4 Å². The van der Waals surface area contributed by atoms with Gasteiger partial charge in [-0.25, -0.2) is 4.98 Å². The molecule has 0 aromatic carbocycles. The molecule has 0 spiro atoms. The summed E-state index contributed by atoms with van der Waals surface area (Å²) in [5.41, 5.74) is -0.225. The zero-order chi connectivity index (χ0) is 13.8. The molecule has 1 aromatic rings. The Kier molecular flexibility index (Phi) is 4.42. The summed E-state index contributed by atoms with van der Waals surface area (Å²) >= 11 is 0. The van der Waals surface area contributed by atoms with Gasteiger partial charge in [-0.3, -0.25) is 9.69 Å². The van der Waals surface area contributed by atoms with E-state index in [1.54, 1.807) is 0 Å². The quantitative estimate of drug-likeness (QED) is 0.862. The lowest BCUT2D eigenvalue weighted by Crippen LogP contribution is -2.48. The Bertz CT molecular complexity index is 464. The summed E-state index contributed by atoms with van der Waals surface area (Å²) in [5, 5.41) is 0. The van der Waals surface area contributed by atoms with Crippen LogP contribution in [0, 0.1) is 5.92 Å². The predicted molar refractivity (Wildman–Crippen MR) is 74.9 cm³/mol. The van der Waals surface area contributed by atoms with Crippen LogP contribution in [0.3, 0.4) is 0 Å². The van der Waals surface area contributed by atoms with Gasteiger partial charge in [-0.1, -0.05) is 13.8 Å². The second kappa shape index (κ2) is 6.06. The smallest absolute Gasteiger partial charge is 0.295 e. The van der Waals surface area contributed by atoms with Crippen molar-refractivity contribution in [1.29, 1.82) is 0 Å². The summed E-state index contributed by atoms with van der Waals surface area (Å²) in [6, 6.07) is 0. The van der Waals surface area contributed by atoms with Crippen molar-refractivity contribution in [1.82, 2.24) is 14.9 Å². The number of rotatable bonds is 4. The summed E-state index contributed by atoms with van der Waals surface area (Å²) < 4.78 is 5.16. The number of nitrogens with one attached hydrogen (secondary N) is 1. The Morgan fingerprint density at radius 2 is 2.05 bits per heavy atom. The number of ether oxygens (including phenoxy) is 1. The van der Waals surface area contributed by atoms with Crippen molar-refractivity contribution in [2.75, 3.05) is 44.7 Å². The zero-order valence-corrected chi connectivity index (χ0v) is 11.8. The van der Waals surface area contributed by atoms with Crippen LogP contribution in [-0.4, -0.2) is 54.7 Å². The van der Waals surface area contributed by atoms with Crippen molar-refractivity contribution < 1.29 is 4.74 Å². The van der Waals surface area contributed by atoms with E-state index in [0.717, 1.165) is 32.7 Å². The minimum absolute atomic E-state index is 0.225. The van der Waals surface area contributed by atoms with Crippen LogP contribution in [0.1, 0.15) is 13.8 Å². The average molecular weight is 266 g/mol. The fourth-order valence-electron chi connectivity index (χ4n) is 2.45. The first kappa shape index (κ1) is 13.9. The van der Waals surface area contributed by atoms with Gasteiger partial charge in [-0.15, -0.1) is 0 Å².